The minimum atomic E-state index is -0.227. The molecule has 1 aromatic carbocycles. The molecule has 2 N–H and O–H groups in total. The molecule has 1 heterocycles. The Kier molecular flexibility index (Phi) is 6.27. The van der Waals surface area contributed by atoms with Gasteiger partial charge in [0.1, 0.15) is 0 Å². The maximum absolute atomic E-state index is 12.6. The van der Waals surface area contributed by atoms with Crippen LogP contribution >= 0.6 is 11.3 Å². The molecule has 1 fully saturated rings. The molecule has 1 amide bonds. The van der Waals surface area contributed by atoms with E-state index in [1.54, 1.807) is 11.3 Å². The highest BCUT2D eigenvalue weighted by molar-refractivity contribution is 7.10. The number of nitrogens with one attached hydrogen (secondary N) is 2. The van der Waals surface area contributed by atoms with Crippen LogP contribution in [0.5, 0.6) is 0 Å². The van der Waals surface area contributed by atoms with E-state index in [-0.39, 0.29) is 18.0 Å². The lowest BCUT2D eigenvalue weighted by molar-refractivity contribution is -0.123. The summed E-state index contributed by atoms with van der Waals surface area (Å²) < 4.78 is 0. The molecule has 0 spiro atoms. The van der Waals surface area contributed by atoms with Gasteiger partial charge in [-0.05, 0) is 43.7 Å². The fourth-order valence-electron chi connectivity index (χ4n) is 3.46. The quantitative estimate of drug-likeness (QED) is 0.796. The van der Waals surface area contributed by atoms with Crippen LogP contribution in [0.3, 0.4) is 0 Å². The molecule has 1 aliphatic rings. The molecule has 3 rings (SSSR count). The van der Waals surface area contributed by atoms with E-state index in [2.05, 4.69) is 59.3 Å². The third-order valence-corrected chi connectivity index (χ3v) is 5.94. The molecule has 1 saturated carbocycles. The summed E-state index contributed by atoms with van der Waals surface area (Å²) in [5.41, 5.74) is 2.45. The molecule has 0 unspecified atom stereocenters. The first-order valence-corrected chi connectivity index (χ1v) is 10.2. The SMILES string of the molecule is Cc1ccc([C@H](N[C@H](C)C(=O)NC2CCCCC2)c2cccs2)cc1. The number of carbonyl (C=O) groups excluding carboxylic acids is 1. The van der Waals surface area contributed by atoms with Gasteiger partial charge in [-0.1, -0.05) is 55.2 Å². The van der Waals surface area contributed by atoms with Gasteiger partial charge in [0.25, 0.3) is 0 Å². The number of hydrogen-bond acceptors (Lipinski definition) is 3. The molecule has 2 aromatic rings. The molecule has 0 bridgehead atoms. The maximum Gasteiger partial charge on any atom is 0.237 e. The van der Waals surface area contributed by atoms with E-state index >= 15 is 0 Å². The third kappa shape index (κ3) is 4.93. The summed E-state index contributed by atoms with van der Waals surface area (Å²) in [6.07, 6.45) is 5.99. The number of amides is 1. The summed E-state index contributed by atoms with van der Waals surface area (Å²) in [6.45, 7) is 4.06. The van der Waals surface area contributed by atoms with E-state index in [0.717, 1.165) is 12.8 Å². The zero-order chi connectivity index (χ0) is 17.6. The maximum atomic E-state index is 12.6. The second kappa shape index (κ2) is 8.63. The number of aryl methyl sites for hydroxylation is 1. The minimum absolute atomic E-state index is 0.0488. The summed E-state index contributed by atoms with van der Waals surface area (Å²) in [4.78, 5) is 13.9. The number of benzene rings is 1. The van der Waals surface area contributed by atoms with Gasteiger partial charge in [-0.2, -0.15) is 0 Å². The Morgan fingerprint density at radius 2 is 1.84 bits per heavy atom. The Labute approximate surface area is 154 Å². The van der Waals surface area contributed by atoms with E-state index in [9.17, 15) is 4.79 Å². The highest BCUT2D eigenvalue weighted by Gasteiger charge is 2.23. The summed E-state index contributed by atoms with van der Waals surface area (Å²) in [5.74, 6) is 0.112. The highest BCUT2D eigenvalue weighted by atomic mass is 32.1. The zero-order valence-corrected chi connectivity index (χ0v) is 15.9. The predicted octanol–water partition coefficient (Wildman–Crippen LogP) is 4.57. The number of thiophene rings is 1. The Hall–Kier alpha value is -1.65. The summed E-state index contributed by atoms with van der Waals surface area (Å²) >= 11 is 1.73. The zero-order valence-electron chi connectivity index (χ0n) is 15.1. The van der Waals surface area contributed by atoms with Gasteiger partial charge in [-0.3, -0.25) is 10.1 Å². The van der Waals surface area contributed by atoms with Crippen LogP contribution in [0.25, 0.3) is 0 Å². The lowest BCUT2D eigenvalue weighted by Gasteiger charge is -2.27. The van der Waals surface area contributed by atoms with Gasteiger partial charge >= 0.3 is 0 Å². The highest BCUT2D eigenvalue weighted by Crippen LogP contribution is 2.27. The van der Waals surface area contributed by atoms with Crippen LogP contribution in [-0.4, -0.2) is 18.0 Å². The van der Waals surface area contributed by atoms with Gasteiger partial charge in [0.2, 0.25) is 5.91 Å². The number of hydrogen-bond donors (Lipinski definition) is 2. The van der Waals surface area contributed by atoms with Crippen LogP contribution in [-0.2, 0) is 4.79 Å². The van der Waals surface area contributed by atoms with Crippen LogP contribution in [0.2, 0.25) is 0 Å². The summed E-state index contributed by atoms with van der Waals surface area (Å²) in [6, 6.07) is 12.9. The first-order valence-electron chi connectivity index (χ1n) is 9.30. The van der Waals surface area contributed by atoms with E-state index in [0.29, 0.717) is 6.04 Å². The smallest absolute Gasteiger partial charge is 0.237 e. The molecular weight excluding hydrogens is 328 g/mol. The molecule has 0 radical (unpaired) electrons. The van der Waals surface area contributed by atoms with E-state index in [1.165, 1.54) is 35.3 Å². The molecule has 25 heavy (non-hydrogen) atoms. The van der Waals surface area contributed by atoms with E-state index in [1.807, 2.05) is 6.92 Å². The number of carbonyl (C=O) groups is 1. The lowest BCUT2D eigenvalue weighted by atomic mass is 9.95. The van der Waals surface area contributed by atoms with Crippen molar-refractivity contribution in [2.24, 2.45) is 0 Å². The second-order valence-corrected chi connectivity index (χ2v) is 8.07. The standard InChI is InChI=1S/C21H28N2OS/c1-15-10-12-17(13-11-15)20(19-9-6-14-25-19)22-16(2)21(24)23-18-7-4-3-5-8-18/h6,9-14,16,18,20,22H,3-5,7-8H2,1-2H3,(H,23,24)/t16-,20+/m1/s1. The predicted molar refractivity (Wildman–Crippen MR) is 105 cm³/mol. The van der Waals surface area contributed by atoms with Gasteiger partial charge in [-0.15, -0.1) is 11.3 Å². The number of rotatable bonds is 6. The molecule has 134 valence electrons. The van der Waals surface area contributed by atoms with Crippen molar-refractivity contribution in [1.29, 1.82) is 0 Å². The molecule has 0 aliphatic heterocycles. The van der Waals surface area contributed by atoms with Gasteiger partial charge in [-0.25, -0.2) is 0 Å². The van der Waals surface area contributed by atoms with Crippen LogP contribution < -0.4 is 10.6 Å². The largest absolute Gasteiger partial charge is 0.352 e. The van der Waals surface area contributed by atoms with Crippen molar-refractivity contribution in [3.05, 3.63) is 57.8 Å². The topological polar surface area (TPSA) is 41.1 Å². The molecule has 4 heteroatoms. The first kappa shape index (κ1) is 18.2. The van der Waals surface area contributed by atoms with Crippen molar-refractivity contribution < 1.29 is 4.79 Å². The van der Waals surface area contributed by atoms with Crippen LogP contribution in [0.15, 0.2) is 41.8 Å². The average molecular weight is 357 g/mol. The Bertz CT molecular complexity index is 660. The Balaban J connectivity index is 1.69. The van der Waals surface area contributed by atoms with Crippen LogP contribution in [0.4, 0.5) is 0 Å². The fraction of sp³-hybridized carbons (Fsp3) is 0.476. The first-order chi connectivity index (χ1) is 12.1. The minimum Gasteiger partial charge on any atom is -0.352 e. The van der Waals surface area contributed by atoms with Crippen LogP contribution in [0.1, 0.15) is 61.1 Å². The fourth-order valence-corrected chi connectivity index (χ4v) is 4.27. The van der Waals surface area contributed by atoms with Crippen LogP contribution in [0, 0.1) is 6.92 Å². The Morgan fingerprint density at radius 3 is 2.48 bits per heavy atom. The van der Waals surface area contributed by atoms with Crippen molar-refractivity contribution in [1.82, 2.24) is 10.6 Å². The second-order valence-electron chi connectivity index (χ2n) is 7.09. The molecule has 1 aromatic heterocycles. The van der Waals surface area contributed by atoms with Gasteiger partial charge in [0, 0.05) is 10.9 Å². The normalized spacial score (nSPS) is 17.8. The van der Waals surface area contributed by atoms with E-state index in [4.69, 9.17) is 0 Å². The lowest BCUT2D eigenvalue weighted by Crippen LogP contribution is -2.47. The molecule has 2 atom stereocenters. The van der Waals surface area contributed by atoms with Gasteiger partial charge in [0.05, 0.1) is 12.1 Å². The average Bonchev–Trinajstić information content (AvgIpc) is 3.15. The third-order valence-electron chi connectivity index (χ3n) is 5.00. The summed E-state index contributed by atoms with van der Waals surface area (Å²) in [7, 11) is 0. The van der Waals surface area contributed by atoms with Crippen molar-refractivity contribution in [3.8, 4) is 0 Å². The van der Waals surface area contributed by atoms with Crippen molar-refractivity contribution in [2.75, 3.05) is 0 Å². The van der Waals surface area contributed by atoms with Crippen molar-refractivity contribution in [3.63, 3.8) is 0 Å². The van der Waals surface area contributed by atoms with Gasteiger partial charge < -0.3 is 5.32 Å². The molecule has 1 aliphatic carbocycles. The monoisotopic (exact) mass is 356 g/mol. The van der Waals surface area contributed by atoms with Gasteiger partial charge in [0.15, 0.2) is 0 Å². The van der Waals surface area contributed by atoms with Crippen molar-refractivity contribution >= 4 is 17.2 Å². The molecular formula is C21H28N2OS. The molecule has 3 nitrogen and oxygen atoms in total. The summed E-state index contributed by atoms with van der Waals surface area (Å²) in [5, 5.41) is 8.86. The Morgan fingerprint density at radius 1 is 1.12 bits per heavy atom. The van der Waals surface area contributed by atoms with Crippen molar-refractivity contribution in [2.45, 2.75) is 64.1 Å². The van der Waals surface area contributed by atoms with E-state index < -0.39 is 0 Å². The molecule has 0 saturated heterocycles.